The highest BCUT2D eigenvalue weighted by Crippen LogP contribution is 2.27. The Bertz CT molecular complexity index is 783. The Kier molecular flexibility index (Phi) is 7.86. The Balaban J connectivity index is 2.00. The van der Waals surface area contributed by atoms with Gasteiger partial charge in [-0.25, -0.2) is 0 Å². The summed E-state index contributed by atoms with van der Waals surface area (Å²) in [6.45, 7) is 5.12. The predicted octanol–water partition coefficient (Wildman–Crippen LogP) is 3.43. The van der Waals surface area contributed by atoms with E-state index in [4.69, 9.17) is 9.47 Å². The molecule has 0 saturated heterocycles. The first-order chi connectivity index (χ1) is 13.1. The predicted molar refractivity (Wildman–Crippen MR) is 109 cm³/mol. The number of aliphatic imine (C=N–C) groups is 1. The number of amides is 1. The van der Waals surface area contributed by atoms with E-state index in [0.717, 1.165) is 17.5 Å². The average molecular weight is 368 g/mol. The van der Waals surface area contributed by atoms with Crippen LogP contribution in [0, 0.1) is 0 Å². The molecule has 0 spiro atoms. The lowest BCUT2D eigenvalue weighted by Gasteiger charge is -2.11. The van der Waals surface area contributed by atoms with Gasteiger partial charge >= 0.3 is 0 Å². The van der Waals surface area contributed by atoms with E-state index in [9.17, 15) is 4.79 Å². The minimum absolute atomic E-state index is 0.151. The molecule has 0 saturated carbocycles. The molecular weight excluding hydrogens is 340 g/mol. The highest BCUT2D eigenvalue weighted by Gasteiger charge is 2.13. The number of nitrogens with one attached hydrogen (secondary N) is 1. The molecule has 5 nitrogen and oxygen atoms in total. The zero-order valence-corrected chi connectivity index (χ0v) is 16.5. The van der Waals surface area contributed by atoms with Gasteiger partial charge in [-0.05, 0) is 43.0 Å². The van der Waals surface area contributed by atoms with Crippen LogP contribution in [0.5, 0.6) is 11.5 Å². The highest BCUT2D eigenvalue weighted by atomic mass is 16.5. The maximum atomic E-state index is 12.6. The molecule has 144 valence electrons. The van der Waals surface area contributed by atoms with Crippen molar-refractivity contribution in [3.8, 4) is 11.5 Å². The fourth-order valence-electron chi connectivity index (χ4n) is 2.79. The van der Waals surface area contributed by atoms with E-state index in [1.54, 1.807) is 14.2 Å². The van der Waals surface area contributed by atoms with Gasteiger partial charge in [0.1, 0.15) is 5.71 Å². The van der Waals surface area contributed by atoms with Gasteiger partial charge in [0.2, 0.25) is 0 Å². The lowest BCUT2D eigenvalue weighted by atomic mass is 10.1. The third kappa shape index (κ3) is 5.58. The van der Waals surface area contributed by atoms with Crippen molar-refractivity contribution in [3.63, 3.8) is 0 Å². The van der Waals surface area contributed by atoms with Crippen LogP contribution in [0.2, 0.25) is 0 Å². The fraction of sp³-hybridized carbons (Fsp3) is 0.364. The standard InChI is InChI=1S/C22H28N2O3/c1-5-16-7-10-18(11-8-16)21(23-6-2)22(25)24-14-13-17-9-12-19(26-3)20(15-17)27-4/h7-12,15H,5-6,13-14H2,1-4H3,(H,24,25)/b23-21-. The smallest absolute Gasteiger partial charge is 0.270 e. The van der Waals surface area contributed by atoms with Crippen molar-refractivity contribution in [3.05, 3.63) is 59.2 Å². The third-order valence-electron chi connectivity index (χ3n) is 4.31. The molecule has 0 aromatic heterocycles. The molecule has 0 bridgehead atoms. The molecule has 0 atom stereocenters. The number of nitrogens with zero attached hydrogens (tertiary/aromatic N) is 1. The zero-order valence-electron chi connectivity index (χ0n) is 16.5. The quantitative estimate of drug-likeness (QED) is 0.690. The monoisotopic (exact) mass is 368 g/mol. The first-order valence-corrected chi connectivity index (χ1v) is 9.25. The van der Waals surface area contributed by atoms with Gasteiger partial charge in [0.05, 0.1) is 14.2 Å². The number of hydrogen-bond acceptors (Lipinski definition) is 4. The molecule has 0 heterocycles. The van der Waals surface area contributed by atoms with Crippen LogP contribution in [0.4, 0.5) is 0 Å². The van der Waals surface area contributed by atoms with Crippen LogP contribution < -0.4 is 14.8 Å². The molecule has 0 unspecified atom stereocenters. The minimum Gasteiger partial charge on any atom is -0.493 e. The Labute approximate surface area is 161 Å². The number of methoxy groups -OCH3 is 2. The van der Waals surface area contributed by atoms with E-state index >= 15 is 0 Å². The van der Waals surface area contributed by atoms with Gasteiger partial charge in [0.25, 0.3) is 5.91 Å². The van der Waals surface area contributed by atoms with Crippen LogP contribution >= 0.6 is 0 Å². The zero-order chi connectivity index (χ0) is 19.6. The van der Waals surface area contributed by atoms with Gasteiger partial charge in [-0.3, -0.25) is 9.79 Å². The second kappa shape index (κ2) is 10.4. The Hall–Kier alpha value is -2.82. The Morgan fingerprint density at radius 1 is 0.963 bits per heavy atom. The van der Waals surface area contributed by atoms with E-state index in [1.807, 2.05) is 49.4 Å². The second-order valence-corrected chi connectivity index (χ2v) is 6.07. The summed E-state index contributed by atoms with van der Waals surface area (Å²) in [5, 5.41) is 2.97. The molecule has 0 aliphatic heterocycles. The maximum absolute atomic E-state index is 12.6. The molecule has 27 heavy (non-hydrogen) atoms. The molecule has 2 aromatic rings. The van der Waals surface area contributed by atoms with Gasteiger partial charge in [-0.2, -0.15) is 0 Å². The van der Waals surface area contributed by atoms with Gasteiger partial charge in [-0.1, -0.05) is 37.3 Å². The summed E-state index contributed by atoms with van der Waals surface area (Å²) in [6, 6.07) is 13.8. The largest absolute Gasteiger partial charge is 0.493 e. The van der Waals surface area contributed by atoms with E-state index in [1.165, 1.54) is 5.56 Å². The molecular formula is C22H28N2O3. The van der Waals surface area contributed by atoms with Crippen molar-refractivity contribution in [1.29, 1.82) is 0 Å². The molecule has 0 fully saturated rings. The van der Waals surface area contributed by atoms with Crippen LogP contribution in [0.3, 0.4) is 0 Å². The number of hydrogen-bond donors (Lipinski definition) is 1. The lowest BCUT2D eigenvalue weighted by molar-refractivity contribution is -0.114. The molecule has 1 N–H and O–H groups in total. The molecule has 5 heteroatoms. The summed E-state index contributed by atoms with van der Waals surface area (Å²) in [5.74, 6) is 1.23. The van der Waals surface area contributed by atoms with Gasteiger partial charge < -0.3 is 14.8 Å². The number of rotatable bonds is 9. The van der Waals surface area contributed by atoms with Crippen molar-refractivity contribution >= 4 is 11.6 Å². The minimum atomic E-state index is -0.151. The summed E-state index contributed by atoms with van der Waals surface area (Å²) in [7, 11) is 3.22. The molecule has 0 aliphatic carbocycles. The number of ether oxygens (including phenoxy) is 2. The van der Waals surface area contributed by atoms with Crippen LogP contribution in [0.25, 0.3) is 0 Å². The lowest BCUT2D eigenvalue weighted by Crippen LogP contribution is -2.33. The molecule has 1 amide bonds. The van der Waals surface area contributed by atoms with E-state index in [-0.39, 0.29) is 5.91 Å². The third-order valence-corrected chi connectivity index (χ3v) is 4.31. The molecule has 0 aliphatic rings. The van der Waals surface area contributed by atoms with Gasteiger partial charge in [-0.15, -0.1) is 0 Å². The van der Waals surface area contributed by atoms with E-state index in [0.29, 0.717) is 36.7 Å². The van der Waals surface area contributed by atoms with Crippen LogP contribution in [-0.4, -0.2) is 38.9 Å². The average Bonchev–Trinajstić information content (AvgIpc) is 2.71. The van der Waals surface area contributed by atoms with E-state index < -0.39 is 0 Å². The molecule has 2 rings (SSSR count). The fourth-order valence-corrected chi connectivity index (χ4v) is 2.79. The second-order valence-electron chi connectivity index (χ2n) is 6.07. The summed E-state index contributed by atoms with van der Waals surface area (Å²) in [5.41, 5.74) is 3.63. The Morgan fingerprint density at radius 3 is 2.22 bits per heavy atom. The van der Waals surface area contributed by atoms with Crippen molar-refractivity contribution in [1.82, 2.24) is 5.32 Å². The SMILES string of the molecule is CC/N=C(\C(=O)NCCc1ccc(OC)c(OC)c1)c1ccc(CC)cc1. The van der Waals surface area contributed by atoms with Crippen molar-refractivity contribution in [2.24, 2.45) is 4.99 Å². The van der Waals surface area contributed by atoms with Crippen molar-refractivity contribution in [2.75, 3.05) is 27.3 Å². The topological polar surface area (TPSA) is 59.9 Å². The van der Waals surface area contributed by atoms with E-state index in [2.05, 4.69) is 17.2 Å². The normalized spacial score (nSPS) is 11.2. The summed E-state index contributed by atoms with van der Waals surface area (Å²) < 4.78 is 10.6. The summed E-state index contributed by atoms with van der Waals surface area (Å²) in [4.78, 5) is 17.0. The van der Waals surface area contributed by atoms with Gasteiger partial charge in [0.15, 0.2) is 11.5 Å². The highest BCUT2D eigenvalue weighted by molar-refractivity contribution is 6.45. The number of benzene rings is 2. The first-order valence-electron chi connectivity index (χ1n) is 9.25. The van der Waals surface area contributed by atoms with Crippen molar-refractivity contribution < 1.29 is 14.3 Å². The summed E-state index contributed by atoms with van der Waals surface area (Å²) in [6.07, 6.45) is 1.67. The molecule has 0 radical (unpaired) electrons. The van der Waals surface area contributed by atoms with Crippen LogP contribution in [0.1, 0.15) is 30.5 Å². The number of carbonyl (C=O) groups excluding carboxylic acids is 1. The Morgan fingerprint density at radius 2 is 1.63 bits per heavy atom. The number of aryl methyl sites for hydroxylation is 1. The van der Waals surface area contributed by atoms with Crippen LogP contribution in [-0.2, 0) is 17.6 Å². The van der Waals surface area contributed by atoms with Crippen LogP contribution in [0.15, 0.2) is 47.5 Å². The molecule has 2 aromatic carbocycles. The number of carbonyl (C=O) groups is 1. The maximum Gasteiger partial charge on any atom is 0.270 e. The summed E-state index contributed by atoms with van der Waals surface area (Å²) >= 11 is 0. The van der Waals surface area contributed by atoms with Crippen molar-refractivity contribution in [2.45, 2.75) is 26.7 Å². The van der Waals surface area contributed by atoms with Gasteiger partial charge in [0, 0.05) is 18.7 Å². The first kappa shape index (κ1) is 20.5.